The summed E-state index contributed by atoms with van der Waals surface area (Å²) in [5.74, 6) is 0. The molecule has 0 radical (unpaired) electrons. The van der Waals surface area contributed by atoms with Crippen molar-refractivity contribution < 1.29 is 8.78 Å². The minimum atomic E-state index is -2.36. The lowest BCUT2D eigenvalue weighted by Crippen LogP contribution is -2.23. The quantitative estimate of drug-likeness (QED) is 0.765. The van der Waals surface area contributed by atoms with Gasteiger partial charge in [-0.2, -0.15) is 0 Å². The number of hydrogen-bond acceptors (Lipinski definition) is 4. The molecule has 1 heterocycles. The average Bonchev–Trinajstić information content (AvgIpc) is 2.39. The molecule has 3 nitrogen and oxygen atoms in total. The van der Waals surface area contributed by atoms with E-state index in [-0.39, 0.29) is 0 Å². The molecule has 0 spiro atoms. The summed E-state index contributed by atoms with van der Waals surface area (Å²) in [5.41, 5.74) is 0. The minimum Gasteiger partial charge on any atom is -0.366 e. The lowest BCUT2D eigenvalue weighted by atomic mass is 10.4. The van der Waals surface area contributed by atoms with E-state index in [4.69, 9.17) is 0 Å². The van der Waals surface area contributed by atoms with E-state index in [2.05, 4.69) is 14.9 Å². The van der Waals surface area contributed by atoms with Crippen molar-refractivity contribution in [1.82, 2.24) is 9.59 Å². The fourth-order valence-electron chi connectivity index (χ4n) is 0.518. The summed E-state index contributed by atoms with van der Waals surface area (Å²) in [5, 5.41) is 6.63. The highest BCUT2D eigenvalue weighted by Crippen LogP contribution is 2.13. The van der Waals surface area contributed by atoms with Crippen molar-refractivity contribution in [3.8, 4) is 0 Å². The van der Waals surface area contributed by atoms with Crippen LogP contribution in [0.3, 0.4) is 0 Å². The van der Waals surface area contributed by atoms with E-state index in [9.17, 15) is 8.78 Å². The zero-order chi connectivity index (χ0) is 8.27. The van der Waals surface area contributed by atoms with E-state index in [1.807, 2.05) is 0 Å². The monoisotopic (exact) mass is 179 g/mol. The van der Waals surface area contributed by atoms with Gasteiger partial charge in [-0.05, 0) is 6.92 Å². The van der Waals surface area contributed by atoms with Gasteiger partial charge in [-0.25, -0.2) is 8.78 Å². The van der Waals surface area contributed by atoms with E-state index in [0.717, 1.165) is 11.5 Å². The normalized spacial score (nSPS) is 13.5. The van der Waals surface area contributed by atoms with Crippen molar-refractivity contribution in [2.24, 2.45) is 0 Å². The Morgan fingerprint density at radius 1 is 1.64 bits per heavy atom. The molecule has 11 heavy (non-hydrogen) atoms. The summed E-state index contributed by atoms with van der Waals surface area (Å²) in [4.78, 5) is 0. The lowest BCUT2D eigenvalue weighted by molar-refractivity contribution is 0.131. The van der Waals surface area contributed by atoms with Gasteiger partial charge in [-0.1, -0.05) is 4.49 Å². The van der Waals surface area contributed by atoms with Crippen LogP contribution in [0.25, 0.3) is 0 Å². The number of nitrogens with zero attached hydrogens (tertiary/aromatic N) is 2. The summed E-state index contributed by atoms with van der Waals surface area (Å²) in [7, 11) is 0. The van der Waals surface area contributed by atoms with Crippen LogP contribution in [0.2, 0.25) is 0 Å². The number of rotatable bonds is 3. The van der Waals surface area contributed by atoms with Crippen LogP contribution >= 0.6 is 11.5 Å². The van der Waals surface area contributed by atoms with Gasteiger partial charge >= 0.3 is 0 Å². The van der Waals surface area contributed by atoms with Crippen molar-refractivity contribution in [2.45, 2.75) is 19.4 Å². The molecule has 0 fully saturated rings. The Balaban J connectivity index is 2.43. The van der Waals surface area contributed by atoms with E-state index in [0.29, 0.717) is 5.00 Å². The first-order valence-corrected chi connectivity index (χ1v) is 3.79. The second-order valence-electron chi connectivity index (χ2n) is 2.05. The van der Waals surface area contributed by atoms with Gasteiger partial charge in [0, 0.05) is 11.5 Å². The van der Waals surface area contributed by atoms with Crippen LogP contribution in [0.5, 0.6) is 0 Å². The molecule has 1 N–H and O–H groups in total. The molecular weight excluding hydrogens is 172 g/mol. The Bertz CT molecular complexity index is 202. The molecule has 1 unspecified atom stereocenters. The average molecular weight is 179 g/mol. The predicted octanol–water partition coefficient (Wildman–Crippen LogP) is 1.60. The van der Waals surface area contributed by atoms with Gasteiger partial charge in [0.15, 0.2) is 0 Å². The molecule has 1 aromatic rings. The van der Waals surface area contributed by atoms with Gasteiger partial charge in [0.05, 0.1) is 12.2 Å². The Morgan fingerprint density at radius 2 is 2.36 bits per heavy atom. The van der Waals surface area contributed by atoms with Gasteiger partial charge in [0.1, 0.15) is 5.00 Å². The van der Waals surface area contributed by atoms with E-state index >= 15 is 0 Å². The number of anilines is 1. The fraction of sp³-hybridized carbons (Fsp3) is 0.600. The van der Waals surface area contributed by atoms with Crippen LogP contribution in [-0.2, 0) is 0 Å². The molecule has 0 aliphatic heterocycles. The minimum absolute atomic E-state index is 0.567. The maximum Gasteiger partial charge on any atom is 0.258 e. The van der Waals surface area contributed by atoms with Gasteiger partial charge in [-0.3, -0.25) is 0 Å². The van der Waals surface area contributed by atoms with E-state index in [1.165, 1.54) is 13.1 Å². The predicted molar refractivity (Wildman–Crippen MR) is 39.0 cm³/mol. The summed E-state index contributed by atoms with van der Waals surface area (Å²) >= 11 is 1.06. The third-order valence-electron chi connectivity index (χ3n) is 1.11. The standard InChI is InChI=1S/C5H7F2N3S/c1-3(5(6)7)9-4-2-8-10-11-4/h2-3,5,9H,1H3. The van der Waals surface area contributed by atoms with Crippen LogP contribution in [0, 0.1) is 0 Å². The summed E-state index contributed by atoms with van der Waals surface area (Å²) in [6.07, 6.45) is -0.944. The second-order valence-corrected chi connectivity index (χ2v) is 2.83. The van der Waals surface area contributed by atoms with E-state index in [1.54, 1.807) is 0 Å². The molecule has 0 aliphatic carbocycles. The summed E-state index contributed by atoms with van der Waals surface area (Å²) in [6, 6.07) is -0.850. The topological polar surface area (TPSA) is 37.8 Å². The number of alkyl halides is 2. The molecule has 62 valence electrons. The molecule has 0 aromatic carbocycles. The first-order valence-electron chi connectivity index (χ1n) is 3.02. The molecule has 1 rings (SSSR count). The molecule has 0 saturated heterocycles. The largest absolute Gasteiger partial charge is 0.366 e. The zero-order valence-electron chi connectivity index (χ0n) is 5.79. The molecule has 0 saturated carbocycles. The van der Waals surface area contributed by atoms with Crippen molar-refractivity contribution in [1.29, 1.82) is 0 Å². The van der Waals surface area contributed by atoms with Crippen molar-refractivity contribution in [2.75, 3.05) is 5.32 Å². The summed E-state index contributed by atoms with van der Waals surface area (Å²) < 4.78 is 27.4. The molecule has 1 aromatic heterocycles. The van der Waals surface area contributed by atoms with Crippen LogP contribution in [0.15, 0.2) is 6.20 Å². The Morgan fingerprint density at radius 3 is 2.82 bits per heavy atom. The highest BCUT2D eigenvalue weighted by molar-refractivity contribution is 7.09. The first kappa shape index (κ1) is 8.32. The van der Waals surface area contributed by atoms with Crippen LogP contribution in [0.4, 0.5) is 13.8 Å². The Labute approximate surface area is 66.6 Å². The number of halogens is 2. The fourth-order valence-corrected chi connectivity index (χ4v) is 1.03. The van der Waals surface area contributed by atoms with Crippen LogP contribution < -0.4 is 5.32 Å². The first-order chi connectivity index (χ1) is 5.20. The molecule has 1 atom stereocenters. The molecular formula is C5H7F2N3S. The molecule has 6 heteroatoms. The smallest absolute Gasteiger partial charge is 0.258 e. The Hall–Kier alpha value is -0.780. The van der Waals surface area contributed by atoms with Crippen molar-refractivity contribution >= 4 is 16.5 Å². The SMILES string of the molecule is CC(Nc1cnns1)C(F)F. The maximum absolute atomic E-state index is 11.9. The van der Waals surface area contributed by atoms with Gasteiger partial charge < -0.3 is 5.32 Å². The number of hydrogen-bond donors (Lipinski definition) is 1. The van der Waals surface area contributed by atoms with Crippen LogP contribution in [-0.4, -0.2) is 22.1 Å². The van der Waals surface area contributed by atoms with Gasteiger partial charge in [0.25, 0.3) is 6.43 Å². The second kappa shape index (κ2) is 3.56. The third kappa shape index (κ3) is 2.38. The van der Waals surface area contributed by atoms with E-state index < -0.39 is 12.5 Å². The van der Waals surface area contributed by atoms with Crippen molar-refractivity contribution in [3.05, 3.63) is 6.20 Å². The van der Waals surface area contributed by atoms with Gasteiger partial charge in [-0.15, -0.1) is 5.10 Å². The highest BCUT2D eigenvalue weighted by atomic mass is 32.1. The zero-order valence-corrected chi connectivity index (χ0v) is 6.61. The highest BCUT2D eigenvalue weighted by Gasteiger charge is 2.14. The number of aromatic nitrogens is 2. The number of nitrogens with one attached hydrogen (secondary N) is 1. The molecule has 0 amide bonds. The third-order valence-corrected chi connectivity index (χ3v) is 1.71. The Kier molecular flexibility index (Phi) is 2.70. The van der Waals surface area contributed by atoms with Crippen LogP contribution in [0.1, 0.15) is 6.92 Å². The lowest BCUT2D eigenvalue weighted by Gasteiger charge is -2.10. The maximum atomic E-state index is 11.9. The molecule has 0 aliphatic rings. The van der Waals surface area contributed by atoms with Gasteiger partial charge in [0.2, 0.25) is 0 Å². The molecule has 0 bridgehead atoms. The summed E-state index contributed by atoms with van der Waals surface area (Å²) in [6.45, 7) is 1.41. The van der Waals surface area contributed by atoms with Crippen molar-refractivity contribution in [3.63, 3.8) is 0 Å².